The zero-order valence-corrected chi connectivity index (χ0v) is 11.4. The van der Waals surface area contributed by atoms with E-state index in [9.17, 15) is 14.4 Å². The minimum atomic E-state index is -1.03. The van der Waals surface area contributed by atoms with Gasteiger partial charge in [0.25, 0.3) is 0 Å². The summed E-state index contributed by atoms with van der Waals surface area (Å²) in [5, 5.41) is 0. The van der Waals surface area contributed by atoms with Crippen molar-refractivity contribution in [3.05, 3.63) is 35.9 Å². The standard InChI is InChI=1S/C15H18O4/c1-4-19-15(18)13(11(3)16)10(2)14(17)12-8-6-5-7-9-12/h5-10,13H,4H2,1-3H3/t10-,13-/m1/s1. The number of benzene rings is 1. The lowest BCUT2D eigenvalue weighted by Crippen LogP contribution is -2.34. The number of Topliss-reactive ketones (excluding diaryl/α,β-unsaturated/α-hetero) is 2. The van der Waals surface area contributed by atoms with Gasteiger partial charge in [-0.05, 0) is 13.8 Å². The van der Waals surface area contributed by atoms with Crippen molar-refractivity contribution < 1.29 is 19.1 Å². The topological polar surface area (TPSA) is 60.4 Å². The third-order valence-electron chi connectivity index (χ3n) is 2.95. The van der Waals surface area contributed by atoms with E-state index in [1.807, 2.05) is 0 Å². The average Bonchev–Trinajstić information content (AvgIpc) is 2.38. The van der Waals surface area contributed by atoms with Gasteiger partial charge >= 0.3 is 5.97 Å². The van der Waals surface area contributed by atoms with E-state index in [0.717, 1.165) is 0 Å². The van der Waals surface area contributed by atoms with Crippen molar-refractivity contribution in [2.45, 2.75) is 20.8 Å². The predicted octanol–water partition coefficient (Wildman–Crippen LogP) is 2.27. The second-order valence-electron chi connectivity index (χ2n) is 4.36. The maximum atomic E-state index is 12.2. The molecule has 0 aliphatic heterocycles. The first-order chi connectivity index (χ1) is 8.99. The van der Waals surface area contributed by atoms with E-state index in [-0.39, 0.29) is 18.2 Å². The van der Waals surface area contributed by atoms with Gasteiger partial charge in [0.15, 0.2) is 5.78 Å². The molecule has 1 rings (SSSR count). The summed E-state index contributed by atoms with van der Waals surface area (Å²) in [6.07, 6.45) is 0. The van der Waals surface area contributed by atoms with Crippen molar-refractivity contribution >= 4 is 17.5 Å². The first kappa shape index (κ1) is 15.1. The normalized spacial score (nSPS) is 13.4. The van der Waals surface area contributed by atoms with Gasteiger partial charge in [0, 0.05) is 11.5 Å². The Balaban J connectivity index is 2.94. The quantitative estimate of drug-likeness (QED) is 0.448. The summed E-state index contributed by atoms with van der Waals surface area (Å²) >= 11 is 0. The molecule has 4 nitrogen and oxygen atoms in total. The van der Waals surface area contributed by atoms with Gasteiger partial charge in [-0.15, -0.1) is 0 Å². The molecule has 0 saturated carbocycles. The monoisotopic (exact) mass is 262 g/mol. The van der Waals surface area contributed by atoms with Crippen molar-refractivity contribution in [3.8, 4) is 0 Å². The van der Waals surface area contributed by atoms with Crippen molar-refractivity contribution in [2.75, 3.05) is 6.61 Å². The summed E-state index contributed by atoms with van der Waals surface area (Å²) in [6.45, 7) is 4.74. The van der Waals surface area contributed by atoms with E-state index in [2.05, 4.69) is 0 Å². The molecule has 0 aromatic heterocycles. The van der Waals surface area contributed by atoms with Gasteiger partial charge in [-0.2, -0.15) is 0 Å². The predicted molar refractivity (Wildman–Crippen MR) is 70.7 cm³/mol. The highest BCUT2D eigenvalue weighted by Gasteiger charge is 2.35. The Morgan fingerprint density at radius 2 is 1.74 bits per heavy atom. The number of esters is 1. The number of hydrogen-bond acceptors (Lipinski definition) is 4. The molecule has 0 aliphatic rings. The molecule has 0 N–H and O–H groups in total. The highest BCUT2D eigenvalue weighted by atomic mass is 16.5. The molecule has 2 atom stereocenters. The van der Waals surface area contributed by atoms with Crippen LogP contribution in [-0.2, 0) is 14.3 Å². The molecule has 0 bridgehead atoms. The molecule has 0 amide bonds. The second kappa shape index (κ2) is 6.83. The van der Waals surface area contributed by atoms with Gasteiger partial charge in [0.05, 0.1) is 6.61 Å². The second-order valence-corrected chi connectivity index (χ2v) is 4.36. The Hall–Kier alpha value is -1.97. The van der Waals surface area contributed by atoms with Crippen molar-refractivity contribution in [1.29, 1.82) is 0 Å². The van der Waals surface area contributed by atoms with E-state index >= 15 is 0 Å². The third-order valence-corrected chi connectivity index (χ3v) is 2.95. The molecule has 0 heterocycles. The Morgan fingerprint density at radius 1 is 1.16 bits per heavy atom. The summed E-state index contributed by atoms with van der Waals surface area (Å²) < 4.78 is 4.86. The number of hydrogen-bond donors (Lipinski definition) is 0. The SMILES string of the molecule is CCOC(=O)[C@@H](C(C)=O)[C@@H](C)C(=O)c1ccccc1. The van der Waals surface area contributed by atoms with Crippen LogP contribution < -0.4 is 0 Å². The van der Waals surface area contributed by atoms with E-state index in [1.165, 1.54) is 6.92 Å². The maximum absolute atomic E-state index is 12.2. The van der Waals surface area contributed by atoms with E-state index < -0.39 is 17.8 Å². The van der Waals surface area contributed by atoms with Crippen molar-refractivity contribution in [3.63, 3.8) is 0 Å². The maximum Gasteiger partial charge on any atom is 0.317 e. The molecule has 0 unspecified atom stereocenters. The number of ketones is 2. The minimum absolute atomic E-state index is 0.189. The smallest absolute Gasteiger partial charge is 0.317 e. The molecule has 1 aromatic rings. The van der Waals surface area contributed by atoms with Crippen LogP contribution in [-0.4, -0.2) is 24.1 Å². The van der Waals surface area contributed by atoms with Gasteiger partial charge in [-0.3, -0.25) is 14.4 Å². The van der Waals surface area contributed by atoms with Crippen LogP contribution in [0.3, 0.4) is 0 Å². The average molecular weight is 262 g/mol. The van der Waals surface area contributed by atoms with Crippen LogP contribution in [0.25, 0.3) is 0 Å². The molecule has 0 radical (unpaired) electrons. The molecule has 0 aliphatic carbocycles. The zero-order chi connectivity index (χ0) is 14.4. The first-order valence-corrected chi connectivity index (χ1v) is 6.25. The highest BCUT2D eigenvalue weighted by Crippen LogP contribution is 2.20. The van der Waals surface area contributed by atoms with Crippen LogP contribution in [0.2, 0.25) is 0 Å². The molecular formula is C15H18O4. The van der Waals surface area contributed by atoms with Gasteiger partial charge in [0.2, 0.25) is 0 Å². The van der Waals surface area contributed by atoms with E-state index in [1.54, 1.807) is 44.2 Å². The van der Waals surface area contributed by atoms with Crippen LogP contribution in [0.1, 0.15) is 31.1 Å². The number of carbonyl (C=O) groups excluding carboxylic acids is 3. The molecule has 4 heteroatoms. The van der Waals surface area contributed by atoms with E-state index in [0.29, 0.717) is 5.56 Å². The lowest BCUT2D eigenvalue weighted by atomic mass is 9.85. The molecule has 0 saturated heterocycles. The number of rotatable bonds is 6. The Labute approximate surface area is 112 Å². The lowest BCUT2D eigenvalue weighted by molar-refractivity contribution is -0.152. The van der Waals surface area contributed by atoms with Gasteiger partial charge in [0.1, 0.15) is 11.7 Å². The summed E-state index contributed by atoms with van der Waals surface area (Å²) in [5.74, 6) is -2.97. The molecular weight excluding hydrogens is 244 g/mol. The van der Waals surface area contributed by atoms with Crippen LogP contribution in [0, 0.1) is 11.8 Å². The Kier molecular flexibility index (Phi) is 5.42. The third kappa shape index (κ3) is 3.74. The van der Waals surface area contributed by atoms with Crippen LogP contribution in [0.5, 0.6) is 0 Å². The van der Waals surface area contributed by atoms with Crippen molar-refractivity contribution in [1.82, 2.24) is 0 Å². The van der Waals surface area contributed by atoms with Crippen LogP contribution in [0.4, 0.5) is 0 Å². The van der Waals surface area contributed by atoms with Gasteiger partial charge < -0.3 is 4.74 Å². The minimum Gasteiger partial charge on any atom is -0.465 e. The fraction of sp³-hybridized carbons (Fsp3) is 0.400. The molecule has 0 fully saturated rings. The summed E-state index contributed by atoms with van der Waals surface area (Å²) in [4.78, 5) is 35.6. The number of ether oxygens (including phenoxy) is 1. The molecule has 19 heavy (non-hydrogen) atoms. The summed E-state index contributed by atoms with van der Waals surface area (Å²) in [7, 11) is 0. The molecule has 0 spiro atoms. The van der Waals surface area contributed by atoms with Gasteiger partial charge in [-0.1, -0.05) is 37.3 Å². The van der Waals surface area contributed by atoms with Crippen LogP contribution in [0.15, 0.2) is 30.3 Å². The molecule has 102 valence electrons. The highest BCUT2D eigenvalue weighted by molar-refractivity contribution is 6.06. The lowest BCUT2D eigenvalue weighted by Gasteiger charge is -2.18. The van der Waals surface area contributed by atoms with Crippen LogP contribution >= 0.6 is 0 Å². The number of carbonyl (C=O) groups is 3. The fourth-order valence-corrected chi connectivity index (χ4v) is 1.97. The van der Waals surface area contributed by atoms with E-state index in [4.69, 9.17) is 4.74 Å². The Morgan fingerprint density at radius 3 is 2.21 bits per heavy atom. The van der Waals surface area contributed by atoms with Crippen molar-refractivity contribution in [2.24, 2.45) is 11.8 Å². The Bertz CT molecular complexity index is 464. The summed E-state index contributed by atoms with van der Waals surface area (Å²) in [5.41, 5.74) is 0.491. The summed E-state index contributed by atoms with van der Waals surface area (Å²) in [6, 6.07) is 8.62. The van der Waals surface area contributed by atoms with Gasteiger partial charge in [-0.25, -0.2) is 0 Å². The zero-order valence-electron chi connectivity index (χ0n) is 11.4. The fourth-order valence-electron chi connectivity index (χ4n) is 1.97. The molecule has 1 aromatic carbocycles. The largest absolute Gasteiger partial charge is 0.465 e. The first-order valence-electron chi connectivity index (χ1n) is 6.25.